The molecule has 2 heterocycles. The van der Waals surface area contributed by atoms with Crippen molar-refractivity contribution in [3.63, 3.8) is 0 Å². The molecule has 3 aromatic carbocycles. The Labute approximate surface area is 519 Å². The van der Waals surface area contributed by atoms with Gasteiger partial charge in [0.25, 0.3) is 5.91 Å². The van der Waals surface area contributed by atoms with E-state index in [9.17, 15) is 38.4 Å². The van der Waals surface area contributed by atoms with E-state index in [1.165, 1.54) is 51.0 Å². The van der Waals surface area contributed by atoms with Crippen molar-refractivity contribution in [2.45, 2.75) is 156 Å². The van der Waals surface area contributed by atoms with Crippen LogP contribution in [0.4, 0.5) is 5.69 Å². The van der Waals surface area contributed by atoms with Crippen LogP contribution in [0.25, 0.3) is 5.57 Å². The molecule has 6 amide bonds. The molecular formula is C68H93N7O13. The molecule has 5 rings (SSSR count). The molecule has 1 fully saturated rings. The van der Waals surface area contributed by atoms with E-state index in [4.69, 9.17) is 18.9 Å². The van der Waals surface area contributed by atoms with Crippen molar-refractivity contribution in [3.05, 3.63) is 120 Å². The number of nitrogens with zero attached hydrogens (tertiary/aromatic N) is 4. The summed E-state index contributed by atoms with van der Waals surface area (Å²) in [5, 5.41) is 9.26. The van der Waals surface area contributed by atoms with Gasteiger partial charge in [0.05, 0.1) is 25.7 Å². The van der Waals surface area contributed by atoms with Crippen LogP contribution in [0.1, 0.15) is 130 Å². The van der Waals surface area contributed by atoms with Crippen molar-refractivity contribution < 1.29 is 62.1 Å². The number of amides is 6. The lowest BCUT2D eigenvalue weighted by Crippen LogP contribution is -2.60. The van der Waals surface area contributed by atoms with Crippen molar-refractivity contribution in [1.82, 2.24) is 30.2 Å². The molecule has 2 bridgehead atoms. The molecule has 2 aliphatic heterocycles. The number of anilines is 1. The number of Topliss-reactive ketones (excluding diaryl/α,β-unsaturated/α-hetero) is 1. The van der Waals surface area contributed by atoms with Gasteiger partial charge in [-0.1, -0.05) is 101 Å². The molecular weight excluding hydrogens is 1120 g/mol. The average molecular weight is 1220 g/mol. The lowest BCUT2D eigenvalue weighted by Gasteiger charge is -2.40. The fourth-order valence-corrected chi connectivity index (χ4v) is 11.2. The Morgan fingerprint density at radius 1 is 0.795 bits per heavy atom. The standard InChI is InChI=1S/C68H93N7O13/c1-43(2)39-53-63(80)71-60(45(5)49-25-18-17-19-26-49)65(82)74(12)61(44(3)4)46(6)69-47(7)64(81)72(10)37-22-16-15-20-30-59(78)87-42-68(8,9)62(79)66(83)75-38-23-21-29-52(75)67(84)88-54(33-31-48-32-34-55(85-13)56(40-48)86-14)50-27-24-28-51(41-50)70-57(76)35-36-58(77)73(53)11/h16-20,22,24-28,30,32,34,40-41,43-44,46-47,52-54,60-61,69H,5,15,21,23,29,31,33,35-39,42H2,1-4,6-14H3,(H,70,76)(H,71,80)/b22-16+,30-20-/t46?,47-,52+,53+,54-,60-,61+/m1/s1. The van der Waals surface area contributed by atoms with Gasteiger partial charge in [-0.15, -0.1) is 0 Å². The maximum atomic E-state index is 15.0. The molecule has 1 saturated heterocycles. The van der Waals surface area contributed by atoms with E-state index < -0.39 is 102 Å². The Bertz CT molecular complexity index is 3010. The summed E-state index contributed by atoms with van der Waals surface area (Å²) in [6.45, 7) is 18.7. The van der Waals surface area contributed by atoms with Gasteiger partial charge in [0.2, 0.25) is 35.3 Å². The summed E-state index contributed by atoms with van der Waals surface area (Å²) in [7, 11) is 7.89. The number of cyclic esters (lactones) is 2. The minimum absolute atomic E-state index is 0.0793. The molecule has 3 aromatic rings. The number of benzene rings is 3. The number of carbonyl (C=O) groups is 9. The van der Waals surface area contributed by atoms with Gasteiger partial charge in [-0.05, 0) is 131 Å². The van der Waals surface area contributed by atoms with E-state index in [-0.39, 0.29) is 62.9 Å². The molecule has 88 heavy (non-hydrogen) atoms. The number of esters is 2. The Morgan fingerprint density at radius 2 is 1.50 bits per heavy atom. The van der Waals surface area contributed by atoms with Gasteiger partial charge in [0.1, 0.15) is 30.8 Å². The minimum Gasteiger partial charge on any atom is -0.493 e. The number of hydrogen-bond donors (Lipinski definition) is 3. The number of likely N-dealkylation sites (N-methyl/N-ethyl adjacent to an activating group) is 3. The summed E-state index contributed by atoms with van der Waals surface area (Å²) >= 11 is 0. The highest BCUT2D eigenvalue weighted by Gasteiger charge is 2.43. The molecule has 478 valence electrons. The molecule has 0 radical (unpaired) electrons. The maximum absolute atomic E-state index is 15.0. The molecule has 1 unspecified atom stereocenters. The summed E-state index contributed by atoms with van der Waals surface area (Å²) in [6.07, 6.45) is 7.40. The molecule has 7 atom stereocenters. The topological polar surface area (TPSA) is 240 Å². The van der Waals surface area contributed by atoms with Crippen molar-refractivity contribution in [2.24, 2.45) is 17.3 Å². The van der Waals surface area contributed by atoms with E-state index in [1.807, 2.05) is 52.8 Å². The van der Waals surface area contributed by atoms with Crippen molar-refractivity contribution in [1.29, 1.82) is 0 Å². The number of ketones is 1. The zero-order chi connectivity index (χ0) is 65.0. The van der Waals surface area contributed by atoms with Crippen LogP contribution < -0.4 is 25.4 Å². The predicted molar refractivity (Wildman–Crippen MR) is 338 cm³/mol. The zero-order valence-corrected chi connectivity index (χ0v) is 53.7. The molecule has 0 aromatic heterocycles. The van der Waals surface area contributed by atoms with Gasteiger partial charge in [-0.3, -0.25) is 33.6 Å². The summed E-state index contributed by atoms with van der Waals surface area (Å²) in [6, 6.07) is 16.2. The van der Waals surface area contributed by atoms with Crippen LogP contribution in [-0.2, 0) is 59.0 Å². The smallest absolute Gasteiger partial charge is 0.330 e. The van der Waals surface area contributed by atoms with Crippen LogP contribution in [0.3, 0.4) is 0 Å². The van der Waals surface area contributed by atoms with Crippen LogP contribution in [0.5, 0.6) is 11.5 Å². The summed E-state index contributed by atoms with van der Waals surface area (Å²) in [5.41, 5.74) is 1.18. The number of methoxy groups -OCH3 is 2. The lowest BCUT2D eigenvalue weighted by molar-refractivity contribution is -0.165. The van der Waals surface area contributed by atoms with E-state index in [0.717, 1.165) is 5.56 Å². The number of allylic oxidation sites excluding steroid dienone is 2. The first kappa shape index (κ1) is 70.6. The second kappa shape index (κ2) is 33.3. The first-order valence-electron chi connectivity index (χ1n) is 30.4. The summed E-state index contributed by atoms with van der Waals surface area (Å²) < 4.78 is 22.8. The van der Waals surface area contributed by atoms with Crippen molar-refractivity contribution >= 4 is 64.4 Å². The SMILES string of the molecule is C=C(c1ccccc1)[C@H]1NC(=O)[C@H](CC(C)C)N(C)C(=O)CCC(=O)Nc2cccc(c2)[C@@H](CCc2ccc(OC)c(OC)c2)OC(=O)[C@@H]2CCCCN2C(=O)C(=O)C(C)(C)COC(=O)/C=C\C/C=C/CN(C)C(=O)[C@@H](C)NC(C)[C@H](C(C)C)N(C)C1=O. The quantitative estimate of drug-likeness (QED) is 0.0989. The summed E-state index contributed by atoms with van der Waals surface area (Å²) in [5.74, 6) is -4.66. The van der Waals surface area contributed by atoms with Crippen molar-refractivity contribution in [3.8, 4) is 11.5 Å². The Hall–Kier alpha value is -8.13. The second-order valence-electron chi connectivity index (χ2n) is 24.3. The predicted octanol–water partition coefficient (Wildman–Crippen LogP) is 8.05. The van der Waals surface area contributed by atoms with Crippen LogP contribution >= 0.6 is 0 Å². The largest absolute Gasteiger partial charge is 0.493 e. The first-order valence-corrected chi connectivity index (χ1v) is 30.4. The fourth-order valence-electron chi connectivity index (χ4n) is 11.2. The fraction of sp³-hybridized carbons (Fsp3) is 0.515. The molecule has 0 saturated carbocycles. The number of carbonyl (C=O) groups excluding carboxylic acids is 9. The van der Waals surface area contributed by atoms with Gasteiger partial charge in [-0.2, -0.15) is 0 Å². The lowest BCUT2D eigenvalue weighted by atomic mass is 9.87. The molecule has 2 aliphatic rings. The number of piperidine rings is 1. The molecule has 3 N–H and O–H groups in total. The third kappa shape index (κ3) is 19.7. The first-order chi connectivity index (χ1) is 41.7. The second-order valence-corrected chi connectivity index (χ2v) is 24.3. The highest BCUT2D eigenvalue weighted by Crippen LogP contribution is 2.33. The number of hydrogen-bond acceptors (Lipinski definition) is 14. The van der Waals surface area contributed by atoms with E-state index in [0.29, 0.717) is 59.6 Å². The molecule has 0 aliphatic carbocycles. The van der Waals surface area contributed by atoms with E-state index in [1.54, 1.807) is 104 Å². The van der Waals surface area contributed by atoms with Crippen LogP contribution in [-0.4, -0.2) is 164 Å². The number of aryl methyl sites for hydroxylation is 1. The number of nitrogens with one attached hydrogen (secondary N) is 3. The minimum atomic E-state index is -1.46. The molecule has 20 heteroatoms. The van der Waals surface area contributed by atoms with Gasteiger partial charge >= 0.3 is 11.9 Å². The monoisotopic (exact) mass is 1220 g/mol. The summed E-state index contributed by atoms with van der Waals surface area (Å²) in [4.78, 5) is 133. The van der Waals surface area contributed by atoms with Gasteiger partial charge in [-0.25, -0.2) is 9.59 Å². The van der Waals surface area contributed by atoms with Crippen molar-refractivity contribution in [2.75, 3.05) is 60.4 Å². The number of rotatable bonds is 10. The van der Waals surface area contributed by atoms with Crippen LogP contribution in [0, 0.1) is 17.3 Å². The van der Waals surface area contributed by atoms with Gasteiger partial charge < -0.3 is 54.5 Å². The number of fused-ring (bicyclic) bond motifs is 3. The van der Waals surface area contributed by atoms with E-state index >= 15 is 4.79 Å². The third-order valence-corrected chi connectivity index (χ3v) is 16.1. The Balaban J connectivity index is 1.49. The number of ether oxygens (including phenoxy) is 4. The Kier molecular flexibility index (Phi) is 26.7. The van der Waals surface area contributed by atoms with Gasteiger partial charge in [0, 0.05) is 70.9 Å². The molecule has 20 nitrogen and oxygen atoms in total. The highest BCUT2D eigenvalue weighted by atomic mass is 16.5. The maximum Gasteiger partial charge on any atom is 0.330 e. The average Bonchev–Trinajstić information content (AvgIpc) is 3.54. The highest BCUT2D eigenvalue weighted by molar-refractivity contribution is 6.38. The van der Waals surface area contributed by atoms with Crippen LogP contribution in [0.2, 0.25) is 0 Å². The molecule has 0 spiro atoms. The zero-order valence-electron chi connectivity index (χ0n) is 53.7. The van der Waals surface area contributed by atoms with Crippen LogP contribution in [0.15, 0.2) is 104 Å². The van der Waals surface area contributed by atoms with E-state index in [2.05, 4.69) is 22.5 Å². The Morgan fingerprint density at radius 3 is 2.17 bits per heavy atom. The third-order valence-electron chi connectivity index (χ3n) is 16.1. The van der Waals surface area contributed by atoms with Gasteiger partial charge in [0.15, 0.2) is 11.5 Å². The normalized spacial score (nSPS) is 24.3.